The molecule has 0 unspecified atom stereocenters. The van der Waals surface area contributed by atoms with E-state index < -0.39 is 0 Å². The molecule has 0 saturated carbocycles. The van der Waals surface area contributed by atoms with E-state index in [1.807, 2.05) is 24.3 Å². The number of benzene rings is 1. The molecule has 0 spiro atoms. The lowest BCUT2D eigenvalue weighted by Crippen LogP contribution is -2.04. The van der Waals surface area contributed by atoms with Crippen molar-refractivity contribution in [2.45, 2.75) is 64.9 Å². The second kappa shape index (κ2) is 10.9. The van der Waals surface area contributed by atoms with Crippen molar-refractivity contribution in [3.05, 3.63) is 29.8 Å². The minimum atomic E-state index is 0.112. The van der Waals surface area contributed by atoms with Gasteiger partial charge in [-0.05, 0) is 12.5 Å². The summed E-state index contributed by atoms with van der Waals surface area (Å²) in [5, 5.41) is 12.6. The van der Waals surface area contributed by atoms with Gasteiger partial charge >= 0.3 is 0 Å². The molecule has 0 aromatic heterocycles. The van der Waals surface area contributed by atoms with E-state index in [4.69, 9.17) is 0 Å². The first-order valence-corrected chi connectivity index (χ1v) is 7.81. The van der Waals surface area contributed by atoms with Crippen molar-refractivity contribution < 1.29 is 5.11 Å². The molecule has 0 aliphatic carbocycles. The average Bonchev–Trinajstić information content (AvgIpc) is 2.46. The first-order valence-electron chi connectivity index (χ1n) is 7.81. The van der Waals surface area contributed by atoms with Crippen LogP contribution in [0.3, 0.4) is 0 Å². The van der Waals surface area contributed by atoms with Crippen molar-refractivity contribution in [3.8, 4) is 0 Å². The Balaban J connectivity index is 2.01. The van der Waals surface area contributed by atoms with Crippen LogP contribution in [0.1, 0.15) is 63.9 Å². The number of hydrogen-bond donors (Lipinski definition) is 2. The van der Waals surface area contributed by atoms with Crippen LogP contribution in [0.4, 0.5) is 5.69 Å². The largest absolute Gasteiger partial charge is 0.392 e. The Morgan fingerprint density at radius 1 is 0.895 bits per heavy atom. The molecular formula is C17H29NO. The molecule has 0 aliphatic heterocycles. The SMILES string of the molecule is CCCCCCCCCCNc1ccccc1CO. The highest BCUT2D eigenvalue weighted by Crippen LogP contribution is 2.15. The minimum absolute atomic E-state index is 0.112. The molecule has 1 aromatic rings. The van der Waals surface area contributed by atoms with E-state index >= 15 is 0 Å². The fraction of sp³-hybridized carbons (Fsp3) is 0.647. The van der Waals surface area contributed by atoms with Gasteiger partial charge in [0.25, 0.3) is 0 Å². The van der Waals surface area contributed by atoms with Crippen molar-refractivity contribution in [2.24, 2.45) is 0 Å². The summed E-state index contributed by atoms with van der Waals surface area (Å²) in [6.07, 6.45) is 10.8. The van der Waals surface area contributed by atoms with Crippen molar-refractivity contribution in [1.82, 2.24) is 0 Å². The van der Waals surface area contributed by atoms with Gasteiger partial charge in [-0.15, -0.1) is 0 Å². The maximum Gasteiger partial charge on any atom is 0.0701 e. The Morgan fingerprint density at radius 3 is 2.21 bits per heavy atom. The zero-order valence-electron chi connectivity index (χ0n) is 12.3. The maximum atomic E-state index is 9.22. The molecule has 0 aliphatic rings. The molecule has 108 valence electrons. The minimum Gasteiger partial charge on any atom is -0.392 e. The van der Waals surface area contributed by atoms with Crippen molar-refractivity contribution in [2.75, 3.05) is 11.9 Å². The van der Waals surface area contributed by atoms with Gasteiger partial charge in [-0.3, -0.25) is 0 Å². The molecule has 0 atom stereocenters. The third kappa shape index (κ3) is 7.22. The second-order valence-corrected chi connectivity index (χ2v) is 5.22. The van der Waals surface area contributed by atoms with Gasteiger partial charge in [0.2, 0.25) is 0 Å². The molecule has 0 bridgehead atoms. The van der Waals surface area contributed by atoms with Crippen LogP contribution < -0.4 is 5.32 Å². The normalized spacial score (nSPS) is 10.6. The predicted molar refractivity (Wildman–Crippen MR) is 83.5 cm³/mol. The molecule has 2 N–H and O–H groups in total. The van der Waals surface area contributed by atoms with Gasteiger partial charge in [-0.25, -0.2) is 0 Å². The molecule has 0 amide bonds. The molecule has 0 heterocycles. The smallest absolute Gasteiger partial charge is 0.0701 e. The van der Waals surface area contributed by atoms with Gasteiger partial charge in [0.1, 0.15) is 0 Å². The van der Waals surface area contributed by atoms with Gasteiger partial charge in [0, 0.05) is 17.8 Å². The van der Waals surface area contributed by atoms with Crippen LogP contribution in [0.15, 0.2) is 24.3 Å². The first-order chi connectivity index (χ1) is 9.38. The monoisotopic (exact) mass is 263 g/mol. The van der Waals surface area contributed by atoms with E-state index in [1.165, 1.54) is 51.4 Å². The summed E-state index contributed by atoms with van der Waals surface area (Å²) in [4.78, 5) is 0. The summed E-state index contributed by atoms with van der Waals surface area (Å²) < 4.78 is 0. The molecule has 0 fully saturated rings. The van der Waals surface area contributed by atoms with Gasteiger partial charge in [0.15, 0.2) is 0 Å². The zero-order chi connectivity index (χ0) is 13.8. The standard InChI is InChI=1S/C17H29NO/c1-2-3-4-5-6-7-8-11-14-18-17-13-10-9-12-16(17)15-19/h9-10,12-13,18-19H,2-8,11,14-15H2,1H3. The average molecular weight is 263 g/mol. The van der Waals surface area contributed by atoms with Crippen molar-refractivity contribution in [1.29, 1.82) is 0 Å². The number of unbranched alkanes of at least 4 members (excludes halogenated alkanes) is 7. The fourth-order valence-electron chi connectivity index (χ4n) is 2.31. The Hall–Kier alpha value is -1.02. The number of para-hydroxylation sites is 1. The van der Waals surface area contributed by atoms with E-state index in [1.54, 1.807) is 0 Å². The topological polar surface area (TPSA) is 32.3 Å². The Kier molecular flexibility index (Phi) is 9.17. The van der Waals surface area contributed by atoms with Crippen molar-refractivity contribution >= 4 is 5.69 Å². The molecule has 0 radical (unpaired) electrons. The summed E-state index contributed by atoms with van der Waals surface area (Å²) in [6.45, 7) is 3.38. The highest BCUT2D eigenvalue weighted by molar-refractivity contribution is 5.50. The summed E-state index contributed by atoms with van der Waals surface area (Å²) in [7, 11) is 0. The number of hydrogen-bond acceptors (Lipinski definition) is 2. The van der Waals surface area contributed by atoms with E-state index in [0.29, 0.717) is 0 Å². The summed E-state index contributed by atoms with van der Waals surface area (Å²) in [6, 6.07) is 7.98. The van der Waals surface area contributed by atoms with Crippen LogP contribution in [-0.4, -0.2) is 11.7 Å². The summed E-state index contributed by atoms with van der Waals surface area (Å²) in [5.74, 6) is 0. The maximum absolute atomic E-state index is 9.22. The molecular weight excluding hydrogens is 234 g/mol. The summed E-state index contributed by atoms with van der Waals surface area (Å²) >= 11 is 0. The van der Waals surface area contributed by atoms with Gasteiger partial charge in [0.05, 0.1) is 6.61 Å². The van der Waals surface area contributed by atoms with Crippen molar-refractivity contribution in [3.63, 3.8) is 0 Å². The second-order valence-electron chi connectivity index (χ2n) is 5.22. The van der Waals surface area contributed by atoms with Crippen LogP contribution in [0, 0.1) is 0 Å². The zero-order valence-corrected chi connectivity index (χ0v) is 12.3. The number of aliphatic hydroxyl groups is 1. The van der Waals surface area contributed by atoms with Gasteiger partial charge < -0.3 is 10.4 Å². The fourth-order valence-corrected chi connectivity index (χ4v) is 2.31. The lowest BCUT2D eigenvalue weighted by molar-refractivity contribution is 0.282. The van der Waals surface area contributed by atoms with E-state index in [0.717, 1.165) is 17.8 Å². The molecule has 0 saturated heterocycles. The van der Waals surface area contributed by atoms with Crippen LogP contribution in [-0.2, 0) is 6.61 Å². The first kappa shape index (κ1) is 16.0. The van der Waals surface area contributed by atoms with E-state index in [2.05, 4.69) is 12.2 Å². The van der Waals surface area contributed by atoms with Crippen LogP contribution in [0.5, 0.6) is 0 Å². The number of nitrogens with one attached hydrogen (secondary N) is 1. The lowest BCUT2D eigenvalue weighted by atomic mass is 10.1. The third-order valence-corrected chi connectivity index (χ3v) is 3.53. The predicted octanol–water partition coefficient (Wildman–Crippen LogP) is 4.73. The molecule has 2 nitrogen and oxygen atoms in total. The molecule has 1 rings (SSSR count). The highest BCUT2D eigenvalue weighted by atomic mass is 16.3. The Bertz CT molecular complexity index is 325. The van der Waals surface area contributed by atoms with E-state index in [9.17, 15) is 5.11 Å². The molecule has 2 heteroatoms. The summed E-state index contributed by atoms with van der Waals surface area (Å²) in [5.41, 5.74) is 2.06. The van der Waals surface area contributed by atoms with Crippen LogP contribution in [0.25, 0.3) is 0 Å². The Morgan fingerprint density at radius 2 is 1.53 bits per heavy atom. The third-order valence-electron chi connectivity index (χ3n) is 3.53. The lowest BCUT2D eigenvalue weighted by Gasteiger charge is -2.10. The van der Waals surface area contributed by atoms with Crippen LogP contribution in [0.2, 0.25) is 0 Å². The molecule has 19 heavy (non-hydrogen) atoms. The number of aliphatic hydroxyl groups excluding tert-OH is 1. The van der Waals surface area contributed by atoms with Gasteiger partial charge in [-0.1, -0.05) is 70.1 Å². The quantitative estimate of drug-likeness (QED) is 0.566. The molecule has 1 aromatic carbocycles. The van der Waals surface area contributed by atoms with Gasteiger partial charge in [-0.2, -0.15) is 0 Å². The Labute approximate surface area is 118 Å². The highest BCUT2D eigenvalue weighted by Gasteiger charge is 1.98. The van der Waals surface area contributed by atoms with E-state index in [-0.39, 0.29) is 6.61 Å². The van der Waals surface area contributed by atoms with Crippen LogP contribution >= 0.6 is 0 Å². The number of anilines is 1. The number of rotatable bonds is 11.